The van der Waals surface area contributed by atoms with Crippen LogP contribution in [0.5, 0.6) is 0 Å². The summed E-state index contributed by atoms with van der Waals surface area (Å²) in [6.07, 6.45) is -6.08. The van der Waals surface area contributed by atoms with Crippen molar-refractivity contribution in [3.8, 4) is 22.3 Å². The molecule has 0 spiro atoms. The van der Waals surface area contributed by atoms with E-state index in [9.17, 15) is 18.0 Å². The van der Waals surface area contributed by atoms with Crippen LogP contribution < -0.4 is 0 Å². The van der Waals surface area contributed by atoms with Crippen molar-refractivity contribution in [2.45, 2.75) is 24.4 Å². The minimum atomic E-state index is -4.39. The van der Waals surface area contributed by atoms with E-state index in [2.05, 4.69) is 4.18 Å². The largest absolute Gasteiger partial charge is 0.459 e. The molecule has 0 aromatic heterocycles. The van der Waals surface area contributed by atoms with Gasteiger partial charge in [0.05, 0.1) is 17.4 Å². The fraction of sp³-hybridized carbons (Fsp3) is 0.188. The molecular weight excluding hydrogens is 582 g/mol. The molecule has 4 aromatic rings. The van der Waals surface area contributed by atoms with Gasteiger partial charge in [-0.25, -0.2) is 13.8 Å². The van der Waals surface area contributed by atoms with E-state index in [0.29, 0.717) is 6.26 Å². The molecule has 1 saturated heterocycles. The number of hydrogen-bond donors (Lipinski definition) is 0. The van der Waals surface area contributed by atoms with Gasteiger partial charge in [0.1, 0.15) is 12.7 Å². The number of esters is 2. The Bertz CT molecular complexity index is 1680. The Morgan fingerprint density at radius 1 is 0.721 bits per heavy atom. The average molecular weight is 609 g/mol. The number of carbonyl (C=O) groups excluding carboxylic acids is 2. The van der Waals surface area contributed by atoms with Gasteiger partial charge < -0.3 is 14.2 Å². The van der Waals surface area contributed by atoms with Crippen molar-refractivity contribution < 1.29 is 45.2 Å². The fourth-order valence-corrected chi connectivity index (χ4v) is 5.00. The lowest BCUT2D eigenvalue weighted by Gasteiger charge is -2.23. The summed E-state index contributed by atoms with van der Waals surface area (Å²) >= 11 is 0. The number of benzene rings is 4. The van der Waals surface area contributed by atoms with Crippen LogP contribution in [-0.4, -0.2) is 57.6 Å². The third kappa shape index (κ3) is 7.14. The average Bonchev–Trinajstić information content (AvgIpc) is 3.23. The number of hydrogen-bond acceptors (Lipinski definition) is 8. The zero-order chi connectivity index (χ0) is 30.6. The van der Waals surface area contributed by atoms with Crippen molar-refractivity contribution in [3.05, 3.63) is 120 Å². The van der Waals surface area contributed by atoms with Crippen LogP contribution in [0.4, 0.5) is 8.78 Å². The summed E-state index contributed by atoms with van der Waals surface area (Å²) in [5, 5.41) is 0. The van der Waals surface area contributed by atoms with Gasteiger partial charge in [-0.3, -0.25) is 0 Å². The van der Waals surface area contributed by atoms with Crippen LogP contribution in [0.15, 0.2) is 109 Å². The van der Waals surface area contributed by atoms with Crippen LogP contribution in [0.3, 0.4) is 0 Å². The summed E-state index contributed by atoms with van der Waals surface area (Å²) in [4.78, 5) is 25.6. The first-order valence-corrected chi connectivity index (χ1v) is 14.9. The quantitative estimate of drug-likeness (QED) is 0.175. The molecule has 1 aliphatic rings. The molecule has 0 aliphatic carbocycles. The lowest BCUT2D eigenvalue weighted by atomic mass is 10.0. The molecule has 5 rings (SSSR count). The summed E-state index contributed by atoms with van der Waals surface area (Å²) < 4.78 is 73.9. The zero-order valence-electron chi connectivity index (χ0n) is 22.8. The SMILES string of the molecule is CS(=O)(=O)OC1O[C@H](COC(=O)c2ccc(-c3ccccc3)cc2)[C@@H](OC(=O)c2ccc(-c3ccccc3)cc2)C1(F)F. The second-order valence-electron chi connectivity index (χ2n) is 9.79. The Kier molecular flexibility index (Phi) is 8.67. The van der Waals surface area contributed by atoms with Crippen molar-refractivity contribution in [3.63, 3.8) is 0 Å². The van der Waals surface area contributed by atoms with Crippen LogP contribution in [0.25, 0.3) is 22.3 Å². The molecule has 3 atom stereocenters. The normalized spacial score (nSPS) is 19.5. The third-order valence-corrected chi connectivity index (χ3v) is 7.18. The van der Waals surface area contributed by atoms with E-state index >= 15 is 8.78 Å². The van der Waals surface area contributed by atoms with Crippen molar-refractivity contribution in [1.82, 2.24) is 0 Å². The predicted molar refractivity (Wildman–Crippen MR) is 153 cm³/mol. The number of alkyl halides is 2. The summed E-state index contributed by atoms with van der Waals surface area (Å²) in [6.45, 7) is -0.774. The van der Waals surface area contributed by atoms with Crippen LogP contribution >= 0.6 is 0 Å². The van der Waals surface area contributed by atoms with Gasteiger partial charge in [0, 0.05) is 0 Å². The zero-order valence-corrected chi connectivity index (χ0v) is 23.6. The minimum Gasteiger partial charge on any atom is -0.459 e. The van der Waals surface area contributed by atoms with E-state index in [1.54, 1.807) is 24.3 Å². The standard InChI is InChI=1S/C32H26F2O8S/c1-43(37,38)42-31-32(33,34)28(41-30(36)26-18-14-24(15-19-26)22-10-6-3-7-11-22)27(40-31)20-39-29(35)25-16-12-23(13-17-25)21-8-4-2-5-9-21/h2-19,27-28,31H,20H2,1H3/t27-,28-,31?/m1/s1. The molecule has 0 radical (unpaired) electrons. The van der Waals surface area contributed by atoms with Gasteiger partial charge in [-0.05, 0) is 46.5 Å². The molecule has 0 amide bonds. The van der Waals surface area contributed by atoms with Crippen molar-refractivity contribution in [1.29, 1.82) is 0 Å². The highest BCUT2D eigenvalue weighted by atomic mass is 32.2. The number of rotatable bonds is 9. The second kappa shape index (κ2) is 12.4. The Balaban J connectivity index is 1.30. The van der Waals surface area contributed by atoms with E-state index < -0.39 is 53.1 Å². The van der Waals surface area contributed by atoms with E-state index in [1.165, 1.54) is 24.3 Å². The van der Waals surface area contributed by atoms with Crippen LogP contribution in [-0.2, 0) is 28.5 Å². The van der Waals surface area contributed by atoms with E-state index in [-0.39, 0.29) is 11.1 Å². The maximum atomic E-state index is 15.3. The first-order chi connectivity index (χ1) is 20.5. The molecule has 222 valence electrons. The first kappa shape index (κ1) is 30.0. The second-order valence-corrected chi connectivity index (χ2v) is 11.4. The maximum Gasteiger partial charge on any atom is 0.338 e. The van der Waals surface area contributed by atoms with Gasteiger partial charge >= 0.3 is 17.9 Å². The summed E-state index contributed by atoms with van der Waals surface area (Å²) in [6, 6.07) is 31.3. The lowest BCUT2D eigenvalue weighted by Crippen LogP contribution is -2.45. The molecular formula is C32H26F2O8S. The van der Waals surface area contributed by atoms with E-state index in [4.69, 9.17) is 14.2 Å². The van der Waals surface area contributed by atoms with E-state index in [0.717, 1.165) is 22.3 Å². The highest BCUT2D eigenvalue weighted by Gasteiger charge is 2.63. The number of carbonyl (C=O) groups is 2. The van der Waals surface area contributed by atoms with Crippen LogP contribution in [0.2, 0.25) is 0 Å². The molecule has 1 unspecified atom stereocenters. The van der Waals surface area contributed by atoms with Gasteiger partial charge in [0.2, 0.25) is 12.4 Å². The van der Waals surface area contributed by atoms with Crippen LogP contribution in [0.1, 0.15) is 20.7 Å². The number of halogens is 2. The highest BCUT2D eigenvalue weighted by Crippen LogP contribution is 2.40. The van der Waals surface area contributed by atoms with Crippen LogP contribution in [0, 0.1) is 0 Å². The topological polar surface area (TPSA) is 105 Å². The van der Waals surface area contributed by atoms with E-state index in [1.807, 2.05) is 60.7 Å². The molecule has 1 fully saturated rings. The Hall–Kier alpha value is -4.45. The fourth-order valence-electron chi connectivity index (χ4n) is 4.51. The number of ether oxygens (including phenoxy) is 3. The molecule has 0 N–H and O–H groups in total. The molecule has 0 bridgehead atoms. The molecule has 1 aliphatic heterocycles. The summed E-state index contributed by atoms with van der Waals surface area (Å²) in [5.41, 5.74) is 3.56. The Morgan fingerprint density at radius 3 is 1.63 bits per heavy atom. The third-order valence-electron chi connectivity index (χ3n) is 6.66. The van der Waals surface area contributed by atoms with Crippen molar-refractivity contribution in [2.24, 2.45) is 0 Å². The smallest absolute Gasteiger partial charge is 0.338 e. The maximum absolute atomic E-state index is 15.3. The van der Waals surface area contributed by atoms with Crippen molar-refractivity contribution >= 4 is 22.1 Å². The minimum absolute atomic E-state index is 0.0304. The molecule has 43 heavy (non-hydrogen) atoms. The van der Waals surface area contributed by atoms with Gasteiger partial charge in [-0.1, -0.05) is 84.9 Å². The molecule has 1 heterocycles. The molecule has 4 aromatic carbocycles. The van der Waals surface area contributed by atoms with Gasteiger partial charge in [0.25, 0.3) is 10.1 Å². The summed E-state index contributed by atoms with van der Waals surface area (Å²) in [5.74, 6) is -6.06. The highest BCUT2D eigenvalue weighted by molar-refractivity contribution is 7.86. The summed E-state index contributed by atoms with van der Waals surface area (Å²) in [7, 11) is -4.39. The van der Waals surface area contributed by atoms with Crippen molar-refractivity contribution in [2.75, 3.05) is 12.9 Å². The van der Waals surface area contributed by atoms with Gasteiger partial charge in [0.15, 0.2) is 0 Å². The van der Waals surface area contributed by atoms with Gasteiger partial charge in [-0.15, -0.1) is 0 Å². The first-order valence-electron chi connectivity index (χ1n) is 13.1. The monoisotopic (exact) mass is 608 g/mol. The predicted octanol–water partition coefficient (Wildman–Crippen LogP) is 5.74. The molecule has 0 saturated carbocycles. The molecule has 8 nitrogen and oxygen atoms in total. The Labute approximate surface area is 246 Å². The Morgan fingerprint density at radius 2 is 1.16 bits per heavy atom. The molecule has 11 heteroatoms. The lowest BCUT2D eigenvalue weighted by molar-refractivity contribution is -0.183. The van der Waals surface area contributed by atoms with Gasteiger partial charge in [-0.2, -0.15) is 17.2 Å².